The lowest BCUT2D eigenvalue weighted by molar-refractivity contribution is 0.341. The lowest BCUT2D eigenvalue weighted by Crippen LogP contribution is -2.16. The van der Waals surface area contributed by atoms with Gasteiger partial charge in [0.05, 0.1) is 17.9 Å². The van der Waals surface area contributed by atoms with Crippen molar-refractivity contribution in [1.29, 1.82) is 0 Å². The molecule has 3 aromatic rings. The zero-order chi connectivity index (χ0) is 17.3. The summed E-state index contributed by atoms with van der Waals surface area (Å²) < 4.78 is 7.37. The molecule has 0 fully saturated rings. The molecule has 0 unspecified atom stereocenters. The van der Waals surface area contributed by atoms with Gasteiger partial charge in [0.25, 0.3) is 5.56 Å². The van der Waals surface area contributed by atoms with Gasteiger partial charge in [-0.05, 0) is 39.3 Å². The van der Waals surface area contributed by atoms with Gasteiger partial charge in [-0.15, -0.1) is 5.10 Å². The number of benzene rings is 1. The second-order valence-corrected chi connectivity index (χ2v) is 5.86. The normalized spacial score (nSPS) is 11.2. The fourth-order valence-corrected chi connectivity index (χ4v) is 2.85. The van der Waals surface area contributed by atoms with Crippen LogP contribution in [0.4, 0.5) is 0 Å². The molecule has 0 saturated heterocycles. The Morgan fingerprint density at radius 3 is 2.75 bits per heavy atom. The Labute approximate surface area is 140 Å². The quantitative estimate of drug-likeness (QED) is 0.782. The summed E-state index contributed by atoms with van der Waals surface area (Å²) in [5.41, 5.74) is 2.88. The molecule has 0 aliphatic carbocycles. The predicted molar refractivity (Wildman–Crippen MR) is 93.7 cm³/mol. The number of aromatic amines is 1. The summed E-state index contributed by atoms with van der Waals surface area (Å²) in [6.45, 7) is 8.40. The van der Waals surface area contributed by atoms with Gasteiger partial charge in [-0.2, -0.15) is 0 Å². The molecule has 1 N–H and O–H groups in total. The summed E-state index contributed by atoms with van der Waals surface area (Å²) >= 11 is 0. The molecule has 6 heteroatoms. The van der Waals surface area contributed by atoms with Crippen molar-refractivity contribution in [2.75, 3.05) is 6.61 Å². The number of rotatable bonds is 5. The van der Waals surface area contributed by atoms with E-state index in [0.29, 0.717) is 29.4 Å². The summed E-state index contributed by atoms with van der Waals surface area (Å²) in [4.78, 5) is 20.0. The van der Waals surface area contributed by atoms with E-state index >= 15 is 0 Å². The Bertz CT molecular complexity index is 940. The highest BCUT2D eigenvalue weighted by Crippen LogP contribution is 2.28. The van der Waals surface area contributed by atoms with E-state index < -0.39 is 0 Å². The van der Waals surface area contributed by atoms with Gasteiger partial charge in [0.2, 0.25) is 0 Å². The topological polar surface area (TPSA) is 72.3 Å². The van der Waals surface area contributed by atoms with E-state index in [2.05, 4.69) is 22.0 Å². The van der Waals surface area contributed by atoms with Gasteiger partial charge in [0.1, 0.15) is 11.6 Å². The number of hydrogen-bond donors (Lipinski definition) is 1. The van der Waals surface area contributed by atoms with Gasteiger partial charge in [-0.25, -0.2) is 9.50 Å². The van der Waals surface area contributed by atoms with Gasteiger partial charge in [0.15, 0.2) is 11.3 Å². The van der Waals surface area contributed by atoms with Crippen LogP contribution in [0, 0.1) is 13.8 Å². The zero-order valence-electron chi connectivity index (χ0n) is 14.5. The molecule has 2 heterocycles. The number of H-pyrrole nitrogens is 1. The van der Waals surface area contributed by atoms with Crippen LogP contribution < -0.4 is 10.3 Å². The number of imidazole rings is 1. The highest BCUT2D eigenvalue weighted by molar-refractivity contribution is 5.66. The lowest BCUT2D eigenvalue weighted by Gasteiger charge is -2.11. The van der Waals surface area contributed by atoms with Crippen LogP contribution in [-0.2, 0) is 6.42 Å². The molecule has 0 saturated carbocycles. The highest BCUT2D eigenvalue weighted by Gasteiger charge is 2.16. The second-order valence-electron chi connectivity index (χ2n) is 5.86. The summed E-state index contributed by atoms with van der Waals surface area (Å²) in [6.07, 6.45) is 1.72. The Hall–Kier alpha value is -2.63. The summed E-state index contributed by atoms with van der Waals surface area (Å²) in [5.74, 6) is 2.01. The highest BCUT2D eigenvalue weighted by atomic mass is 16.5. The van der Waals surface area contributed by atoms with Gasteiger partial charge in [0, 0.05) is 6.42 Å². The minimum atomic E-state index is -0.184. The number of ether oxygens (including phenoxy) is 1. The molecule has 6 nitrogen and oxygen atoms in total. The van der Waals surface area contributed by atoms with E-state index in [9.17, 15) is 4.79 Å². The van der Waals surface area contributed by atoms with Crippen LogP contribution in [-0.4, -0.2) is 26.2 Å². The van der Waals surface area contributed by atoms with E-state index in [-0.39, 0.29) is 5.56 Å². The van der Waals surface area contributed by atoms with Crippen molar-refractivity contribution in [2.24, 2.45) is 0 Å². The lowest BCUT2D eigenvalue weighted by atomic mass is 10.1. The molecule has 126 valence electrons. The van der Waals surface area contributed by atoms with Gasteiger partial charge in [-0.3, -0.25) is 4.79 Å². The average Bonchev–Trinajstić information content (AvgIpc) is 2.86. The average molecular weight is 326 g/mol. The molecule has 3 rings (SSSR count). The van der Waals surface area contributed by atoms with Crippen LogP contribution in [0.1, 0.15) is 37.4 Å². The first-order valence-corrected chi connectivity index (χ1v) is 8.27. The second kappa shape index (κ2) is 6.47. The Morgan fingerprint density at radius 1 is 1.25 bits per heavy atom. The van der Waals surface area contributed by atoms with Crippen molar-refractivity contribution in [2.45, 2.75) is 40.5 Å². The van der Waals surface area contributed by atoms with Crippen LogP contribution in [0.5, 0.6) is 5.75 Å². The number of hydrogen-bond acceptors (Lipinski definition) is 4. The molecule has 0 bridgehead atoms. The number of nitrogens with zero attached hydrogens (tertiary/aromatic N) is 3. The van der Waals surface area contributed by atoms with Crippen LogP contribution in [0.2, 0.25) is 0 Å². The molecular weight excluding hydrogens is 304 g/mol. The van der Waals surface area contributed by atoms with Crippen molar-refractivity contribution in [3.63, 3.8) is 0 Å². The van der Waals surface area contributed by atoms with Crippen LogP contribution in [0.25, 0.3) is 16.9 Å². The molecular formula is C18H22N4O2. The van der Waals surface area contributed by atoms with Crippen molar-refractivity contribution < 1.29 is 4.74 Å². The number of aromatic nitrogens is 4. The fourth-order valence-electron chi connectivity index (χ4n) is 2.85. The Kier molecular flexibility index (Phi) is 4.38. The molecule has 0 spiro atoms. The molecule has 0 aliphatic heterocycles. The van der Waals surface area contributed by atoms with E-state index in [4.69, 9.17) is 4.74 Å². The SMILES string of the molecule is CCCc1nc(C)c2c(=O)[nH]c(-c3cc(C)ccc3OCC)nn12. The van der Waals surface area contributed by atoms with E-state index in [1.54, 1.807) is 4.52 Å². The maximum absolute atomic E-state index is 12.6. The third kappa shape index (κ3) is 2.79. The van der Waals surface area contributed by atoms with Crippen molar-refractivity contribution in [3.8, 4) is 17.1 Å². The number of nitrogens with one attached hydrogen (secondary N) is 1. The van der Waals surface area contributed by atoms with Gasteiger partial charge in [-0.1, -0.05) is 18.6 Å². The first kappa shape index (κ1) is 16.2. The number of fused-ring (bicyclic) bond motifs is 1. The molecule has 0 amide bonds. The minimum Gasteiger partial charge on any atom is -0.493 e. The monoisotopic (exact) mass is 326 g/mol. The fraction of sp³-hybridized carbons (Fsp3) is 0.389. The van der Waals surface area contributed by atoms with Crippen LogP contribution in [0.15, 0.2) is 23.0 Å². The van der Waals surface area contributed by atoms with Gasteiger partial charge >= 0.3 is 0 Å². The standard InChI is InChI=1S/C18H22N4O2/c1-5-7-15-19-12(4)16-18(23)20-17(21-22(15)16)13-10-11(3)8-9-14(13)24-6-2/h8-10H,5-7H2,1-4H3,(H,20,21,23). The maximum Gasteiger partial charge on any atom is 0.277 e. The molecule has 1 aromatic carbocycles. The largest absolute Gasteiger partial charge is 0.493 e. The van der Waals surface area contributed by atoms with Crippen molar-refractivity contribution >= 4 is 5.52 Å². The molecule has 24 heavy (non-hydrogen) atoms. The first-order chi connectivity index (χ1) is 11.5. The predicted octanol–water partition coefficient (Wildman–Crippen LogP) is 3.05. The van der Waals surface area contributed by atoms with E-state index in [0.717, 1.165) is 29.8 Å². The maximum atomic E-state index is 12.6. The molecule has 0 atom stereocenters. The third-order valence-corrected chi connectivity index (χ3v) is 3.91. The summed E-state index contributed by atoms with van der Waals surface area (Å²) in [5, 5.41) is 4.65. The number of aryl methyl sites for hydroxylation is 3. The minimum absolute atomic E-state index is 0.184. The first-order valence-electron chi connectivity index (χ1n) is 8.27. The Morgan fingerprint density at radius 2 is 2.04 bits per heavy atom. The molecule has 0 aliphatic rings. The molecule has 0 radical (unpaired) electrons. The molecule has 2 aromatic heterocycles. The van der Waals surface area contributed by atoms with Crippen molar-refractivity contribution in [1.82, 2.24) is 19.6 Å². The van der Waals surface area contributed by atoms with Crippen LogP contribution in [0.3, 0.4) is 0 Å². The Balaban J connectivity index is 2.26. The van der Waals surface area contributed by atoms with E-state index in [1.807, 2.05) is 39.0 Å². The third-order valence-electron chi connectivity index (χ3n) is 3.91. The smallest absolute Gasteiger partial charge is 0.277 e. The van der Waals surface area contributed by atoms with Crippen LogP contribution >= 0.6 is 0 Å². The zero-order valence-corrected chi connectivity index (χ0v) is 14.5. The van der Waals surface area contributed by atoms with Gasteiger partial charge < -0.3 is 9.72 Å². The van der Waals surface area contributed by atoms with Crippen molar-refractivity contribution in [3.05, 3.63) is 45.6 Å². The summed E-state index contributed by atoms with van der Waals surface area (Å²) in [7, 11) is 0. The summed E-state index contributed by atoms with van der Waals surface area (Å²) in [6, 6.07) is 5.86. The van der Waals surface area contributed by atoms with E-state index in [1.165, 1.54) is 0 Å².